The topological polar surface area (TPSA) is 53.5 Å². The SMILES string of the molecule is CCN1CCN(c2cc(NC)nc(COC)n2)CC1C. The van der Waals surface area contributed by atoms with Crippen molar-refractivity contribution in [1.29, 1.82) is 0 Å². The van der Waals surface area contributed by atoms with Crippen LogP contribution in [-0.2, 0) is 11.3 Å². The Balaban J connectivity index is 2.17. The summed E-state index contributed by atoms with van der Waals surface area (Å²) in [5.41, 5.74) is 0. The van der Waals surface area contributed by atoms with Gasteiger partial charge in [0, 0.05) is 45.9 Å². The van der Waals surface area contributed by atoms with Gasteiger partial charge in [-0.15, -0.1) is 0 Å². The zero-order valence-corrected chi connectivity index (χ0v) is 12.9. The molecule has 1 N–H and O–H groups in total. The van der Waals surface area contributed by atoms with Crippen molar-refractivity contribution in [3.8, 4) is 0 Å². The number of rotatable bonds is 5. The zero-order chi connectivity index (χ0) is 14.5. The summed E-state index contributed by atoms with van der Waals surface area (Å²) in [6.45, 7) is 9.11. The monoisotopic (exact) mass is 279 g/mol. The van der Waals surface area contributed by atoms with E-state index in [0.717, 1.165) is 43.6 Å². The molecular formula is C14H25N5O. The van der Waals surface area contributed by atoms with Crippen molar-refractivity contribution in [3.63, 3.8) is 0 Å². The zero-order valence-electron chi connectivity index (χ0n) is 12.9. The molecule has 1 aliphatic heterocycles. The number of methoxy groups -OCH3 is 1. The lowest BCUT2D eigenvalue weighted by atomic mass is 10.2. The number of hydrogen-bond acceptors (Lipinski definition) is 6. The molecule has 0 aliphatic carbocycles. The van der Waals surface area contributed by atoms with Crippen LogP contribution in [0.3, 0.4) is 0 Å². The molecule has 1 aromatic rings. The fraction of sp³-hybridized carbons (Fsp3) is 0.714. The number of aromatic nitrogens is 2. The number of likely N-dealkylation sites (N-methyl/N-ethyl adjacent to an activating group) is 1. The average molecular weight is 279 g/mol. The van der Waals surface area contributed by atoms with Gasteiger partial charge in [-0.3, -0.25) is 4.90 Å². The van der Waals surface area contributed by atoms with Gasteiger partial charge in [-0.1, -0.05) is 6.92 Å². The van der Waals surface area contributed by atoms with Crippen molar-refractivity contribution in [2.45, 2.75) is 26.5 Å². The number of piperazine rings is 1. The number of hydrogen-bond donors (Lipinski definition) is 1. The second-order valence-electron chi connectivity index (χ2n) is 5.13. The molecule has 0 bridgehead atoms. The van der Waals surface area contributed by atoms with Crippen molar-refractivity contribution in [3.05, 3.63) is 11.9 Å². The van der Waals surface area contributed by atoms with E-state index < -0.39 is 0 Å². The Bertz CT molecular complexity index is 440. The molecule has 0 radical (unpaired) electrons. The predicted octanol–water partition coefficient (Wildman–Crippen LogP) is 1.20. The second-order valence-corrected chi connectivity index (χ2v) is 5.13. The first-order valence-corrected chi connectivity index (χ1v) is 7.21. The maximum atomic E-state index is 5.15. The molecule has 1 aromatic heterocycles. The molecular weight excluding hydrogens is 254 g/mol. The summed E-state index contributed by atoms with van der Waals surface area (Å²) in [6.07, 6.45) is 0. The van der Waals surface area contributed by atoms with Crippen LogP contribution in [0.25, 0.3) is 0 Å². The maximum Gasteiger partial charge on any atom is 0.158 e. The van der Waals surface area contributed by atoms with Crippen LogP contribution in [0.5, 0.6) is 0 Å². The van der Waals surface area contributed by atoms with E-state index in [1.165, 1.54) is 0 Å². The smallest absolute Gasteiger partial charge is 0.158 e. The van der Waals surface area contributed by atoms with Crippen LogP contribution in [0.15, 0.2) is 6.07 Å². The summed E-state index contributed by atoms with van der Waals surface area (Å²) < 4.78 is 5.15. The van der Waals surface area contributed by atoms with Crippen LogP contribution in [0.4, 0.5) is 11.6 Å². The molecule has 6 heteroatoms. The van der Waals surface area contributed by atoms with Gasteiger partial charge >= 0.3 is 0 Å². The molecule has 0 aromatic carbocycles. The molecule has 1 aliphatic rings. The van der Waals surface area contributed by atoms with Crippen LogP contribution < -0.4 is 10.2 Å². The highest BCUT2D eigenvalue weighted by Gasteiger charge is 2.23. The highest BCUT2D eigenvalue weighted by Crippen LogP contribution is 2.20. The van der Waals surface area contributed by atoms with Crippen LogP contribution >= 0.6 is 0 Å². The van der Waals surface area contributed by atoms with Gasteiger partial charge in [0.25, 0.3) is 0 Å². The predicted molar refractivity (Wildman–Crippen MR) is 81.2 cm³/mol. The lowest BCUT2D eigenvalue weighted by Crippen LogP contribution is -2.52. The molecule has 1 saturated heterocycles. The molecule has 2 rings (SSSR count). The summed E-state index contributed by atoms with van der Waals surface area (Å²) >= 11 is 0. The maximum absolute atomic E-state index is 5.15. The Labute approximate surface area is 121 Å². The third-order valence-electron chi connectivity index (χ3n) is 3.78. The minimum atomic E-state index is 0.437. The number of nitrogens with one attached hydrogen (secondary N) is 1. The van der Waals surface area contributed by atoms with Gasteiger partial charge in [-0.2, -0.15) is 0 Å². The number of anilines is 2. The number of ether oxygens (including phenoxy) is 1. The third kappa shape index (κ3) is 3.37. The van der Waals surface area contributed by atoms with Crippen LogP contribution in [0.2, 0.25) is 0 Å². The first kappa shape index (κ1) is 15.0. The molecule has 0 amide bonds. The van der Waals surface area contributed by atoms with Gasteiger partial charge in [-0.25, -0.2) is 9.97 Å². The lowest BCUT2D eigenvalue weighted by molar-refractivity contribution is 0.177. The minimum Gasteiger partial charge on any atom is -0.377 e. The normalized spacial score (nSPS) is 20.2. The molecule has 112 valence electrons. The van der Waals surface area contributed by atoms with E-state index in [9.17, 15) is 0 Å². The van der Waals surface area contributed by atoms with Crippen molar-refractivity contribution in [1.82, 2.24) is 14.9 Å². The minimum absolute atomic E-state index is 0.437. The van der Waals surface area contributed by atoms with E-state index in [4.69, 9.17) is 4.74 Å². The summed E-state index contributed by atoms with van der Waals surface area (Å²) in [6, 6.07) is 2.56. The Kier molecular flexibility index (Phi) is 5.14. The molecule has 20 heavy (non-hydrogen) atoms. The summed E-state index contributed by atoms with van der Waals surface area (Å²) in [5, 5.41) is 3.09. The van der Waals surface area contributed by atoms with E-state index in [-0.39, 0.29) is 0 Å². The standard InChI is InChI=1S/C14H25N5O/c1-5-18-6-7-19(9-11(18)2)14-8-12(15-3)16-13(17-14)10-20-4/h8,11H,5-7,9-10H2,1-4H3,(H,15,16,17). The second kappa shape index (κ2) is 6.85. The van der Waals surface area contributed by atoms with Gasteiger partial charge in [0.1, 0.15) is 18.2 Å². The van der Waals surface area contributed by atoms with E-state index >= 15 is 0 Å². The van der Waals surface area contributed by atoms with Crippen molar-refractivity contribution in [2.75, 3.05) is 50.6 Å². The Hall–Kier alpha value is -1.40. The summed E-state index contributed by atoms with van der Waals surface area (Å²) in [5.74, 6) is 2.55. The van der Waals surface area contributed by atoms with Crippen LogP contribution in [0, 0.1) is 0 Å². The fourth-order valence-corrected chi connectivity index (χ4v) is 2.64. The Morgan fingerprint density at radius 3 is 2.80 bits per heavy atom. The Morgan fingerprint density at radius 1 is 1.40 bits per heavy atom. The molecule has 0 spiro atoms. The fourth-order valence-electron chi connectivity index (χ4n) is 2.64. The van der Waals surface area contributed by atoms with Crippen molar-refractivity contribution in [2.24, 2.45) is 0 Å². The quantitative estimate of drug-likeness (QED) is 0.874. The highest BCUT2D eigenvalue weighted by atomic mass is 16.5. The molecule has 6 nitrogen and oxygen atoms in total. The molecule has 1 unspecified atom stereocenters. The van der Waals surface area contributed by atoms with E-state index in [2.05, 4.69) is 38.9 Å². The van der Waals surface area contributed by atoms with Gasteiger partial charge in [0.05, 0.1) is 0 Å². The molecule has 1 fully saturated rings. The molecule has 1 atom stereocenters. The average Bonchev–Trinajstić information content (AvgIpc) is 2.47. The van der Waals surface area contributed by atoms with Gasteiger partial charge in [-0.05, 0) is 13.5 Å². The van der Waals surface area contributed by atoms with E-state index in [0.29, 0.717) is 12.6 Å². The Morgan fingerprint density at radius 2 is 2.20 bits per heavy atom. The van der Waals surface area contributed by atoms with Crippen LogP contribution in [-0.4, -0.2) is 61.2 Å². The van der Waals surface area contributed by atoms with Crippen LogP contribution in [0.1, 0.15) is 19.7 Å². The lowest BCUT2D eigenvalue weighted by Gasteiger charge is -2.40. The third-order valence-corrected chi connectivity index (χ3v) is 3.78. The van der Waals surface area contributed by atoms with E-state index in [1.54, 1.807) is 7.11 Å². The van der Waals surface area contributed by atoms with Gasteiger partial charge in [0.2, 0.25) is 0 Å². The van der Waals surface area contributed by atoms with E-state index in [1.807, 2.05) is 13.1 Å². The summed E-state index contributed by atoms with van der Waals surface area (Å²) in [4.78, 5) is 13.8. The summed E-state index contributed by atoms with van der Waals surface area (Å²) in [7, 11) is 3.54. The van der Waals surface area contributed by atoms with Gasteiger partial charge < -0.3 is 15.0 Å². The first-order valence-electron chi connectivity index (χ1n) is 7.21. The molecule has 0 saturated carbocycles. The number of nitrogens with zero attached hydrogens (tertiary/aromatic N) is 4. The highest BCUT2D eigenvalue weighted by molar-refractivity contribution is 5.49. The first-order chi connectivity index (χ1) is 9.67. The van der Waals surface area contributed by atoms with Crippen molar-refractivity contribution < 1.29 is 4.74 Å². The van der Waals surface area contributed by atoms with Crippen molar-refractivity contribution >= 4 is 11.6 Å². The molecule has 2 heterocycles. The largest absolute Gasteiger partial charge is 0.377 e. The van der Waals surface area contributed by atoms with Gasteiger partial charge in [0.15, 0.2) is 5.82 Å².